The summed E-state index contributed by atoms with van der Waals surface area (Å²) >= 11 is 0. The molecule has 3 N–H and O–H groups in total. The smallest absolute Gasteiger partial charge is 0.322 e. The normalized spacial score (nSPS) is 23.0. The van der Waals surface area contributed by atoms with Crippen LogP contribution in [-0.2, 0) is 24.0 Å². The molecule has 0 bridgehead atoms. The number of carboxylic acids is 1. The zero-order valence-corrected chi connectivity index (χ0v) is 15.6. The SMILES string of the molecule is CC(=O)N[C@@H](C)C(=O)N1CCC[C@H]1C(=O)N1CCC[C@H]1C(=O)NCC(=O)O. The largest absolute Gasteiger partial charge is 0.480 e. The van der Waals surface area contributed by atoms with E-state index in [4.69, 9.17) is 5.11 Å². The number of hydrogen-bond donors (Lipinski definition) is 3. The lowest BCUT2D eigenvalue weighted by Gasteiger charge is -2.32. The summed E-state index contributed by atoms with van der Waals surface area (Å²) < 4.78 is 0. The molecule has 0 aliphatic carbocycles. The average molecular weight is 382 g/mol. The van der Waals surface area contributed by atoms with Crippen LogP contribution in [-0.4, -0.2) is 82.3 Å². The summed E-state index contributed by atoms with van der Waals surface area (Å²) in [5.41, 5.74) is 0. The maximum atomic E-state index is 13.0. The van der Waals surface area contributed by atoms with Crippen molar-refractivity contribution in [1.29, 1.82) is 0 Å². The Bertz CT molecular complexity index is 637. The van der Waals surface area contributed by atoms with Crippen LogP contribution in [0.25, 0.3) is 0 Å². The second-order valence-electron chi connectivity index (χ2n) is 6.91. The molecule has 0 spiro atoms. The van der Waals surface area contributed by atoms with E-state index < -0.39 is 36.5 Å². The predicted molar refractivity (Wildman–Crippen MR) is 93.4 cm³/mol. The molecule has 10 nitrogen and oxygen atoms in total. The van der Waals surface area contributed by atoms with Gasteiger partial charge < -0.3 is 25.5 Å². The number of nitrogens with zero attached hydrogens (tertiary/aromatic N) is 2. The number of nitrogens with one attached hydrogen (secondary N) is 2. The molecule has 2 rings (SSSR count). The summed E-state index contributed by atoms with van der Waals surface area (Å²) in [6.07, 6.45) is 2.26. The monoisotopic (exact) mass is 382 g/mol. The number of amides is 4. The summed E-state index contributed by atoms with van der Waals surface area (Å²) in [5, 5.41) is 13.5. The molecule has 0 radical (unpaired) electrons. The Morgan fingerprint density at radius 3 is 2.22 bits per heavy atom. The van der Waals surface area contributed by atoms with Gasteiger partial charge in [0.05, 0.1) is 0 Å². The Morgan fingerprint density at radius 2 is 1.63 bits per heavy atom. The molecule has 27 heavy (non-hydrogen) atoms. The van der Waals surface area contributed by atoms with Crippen LogP contribution in [0.15, 0.2) is 0 Å². The van der Waals surface area contributed by atoms with Crippen LogP contribution in [0.1, 0.15) is 39.5 Å². The van der Waals surface area contributed by atoms with Gasteiger partial charge in [-0.05, 0) is 32.6 Å². The van der Waals surface area contributed by atoms with Gasteiger partial charge in [-0.25, -0.2) is 0 Å². The number of rotatable bonds is 6. The molecule has 0 aromatic rings. The maximum Gasteiger partial charge on any atom is 0.322 e. The Labute approximate surface area is 157 Å². The third-order valence-corrected chi connectivity index (χ3v) is 4.86. The van der Waals surface area contributed by atoms with E-state index in [2.05, 4.69) is 10.6 Å². The minimum Gasteiger partial charge on any atom is -0.480 e. The second kappa shape index (κ2) is 8.83. The van der Waals surface area contributed by atoms with Crippen LogP contribution in [0, 0.1) is 0 Å². The van der Waals surface area contributed by atoms with Crippen molar-refractivity contribution < 1.29 is 29.1 Å². The van der Waals surface area contributed by atoms with E-state index in [-0.39, 0.29) is 17.7 Å². The molecule has 2 saturated heterocycles. The standard InChI is InChI=1S/C17H26N4O6/c1-10(19-11(2)22)16(26)21-8-4-6-13(21)17(27)20-7-3-5-12(20)15(25)18-9-14(23)24/h10,12-13H,3-9H2,1-2H3,(H,18,25)(H,19,22)(H,23,24)/t10-,12-,13-/m0/s1. The fourth-order valence-electron chi connectivity index (χ4n) is 3.68. The lowest BCUT2D eigenvalue weighted by molar-refractivity contribution is -0.148. The van der Waals surface area contributed by atoms with Crippen molar-refractivity contribution in [3.05, 3.63) is 0 Å². The Kier molecular flexibility index (Phi) is 6.75. The highest BCUT2D eigenvalue weighted by molar-refractivity contribution is 5.95. The Hall–Kier alpha value is -2.65. The highest BCUT2D eigenvalue weighted by atomic mass is 16.4. The number of aliphatic carboxylic acids is 1. The minimum absolute atomic E-state index is 0.302. The van der Waals surface area contributed by atoms with Gasteiger partial charge in [0, 0.05) is 20.0 Å². The quantitative estimate of drug-likeness (QED) is 0.522. The molecule has 2 heterocycles. The molecule has 0 aromatic heterocycles. The molecular weight excluding hydrogens is 356 g/mol. The van der Waals surface area contributed by atoms with Gasteiger partial charge in [0.1, 0.15) is 24.7 Å². The molecule has 2 fully saturated rings. The van der Waals surface area contributed by atoms with Crippen molar-refractivity contribution in [3.63, 3.8) is 0 Å². The van der Waals surface area contributed by atoms with Crippen LogP contribution in [0.2, 0.25) is 0 Å². The van der Waals surface area contributed by atoms with E-state index in [9.17, 15) is 24.0 Å². The Morgan fingerprint density at radius 1 is 1.04 bits per heavy atom. The summed E-state index contributed by atoms with van der Waals surface area (Å²) in [6, 6.07) is -2.12. The zero-order valence-electron chi connectivity index (χ0n) is 15.6. The van der Waals surface area contributed by atoms with Crippen LogP contribution in [0.4, 0.5) is 0 Å². The van der Waals surface area contributed by atoms with E-state index in [1.165, 1.54) is 16.7 Å². The Balaban J connectivity index is 2.05. The molecule has 2 aliphatic rings. The molecule has 0 saturated carbocycles. The van der Waals surface area contributed by atoms with Crippen molar-refractivity contribution in [1.82, 2.24) is 20.4 Å². The summed E-state index contributed by atoms with van der Waals surface area (Å²) in [6.45, 7) is 3.20. The van der Waals surface area contributed by atoms with Gasteiger partial charge in [-0.15, -0.1) is 0 Å². The first kappa shape index (κ1) is 20.7. The molecule has 0 unspecified atom stereocenters. The molecule has 150 valence electrons. The van der Waals surface area contributed by atoms with Gasteiger partial charge in [0.25, 0.3) is 0 Å². The predicted octanol–water partition coefficient (Wildman–Crippen LogP) is -1.31. The summed E-state index contributed by atoms with van der Waals surface area (Å²) in [5.74, 6) is -2.60. The van der Waals surface area contributed by atoms with Crippen LogP contribution < -0.4 is 10.6 Å². The van der Waals surface area contributed by atoms with Crippen molar-refractivity contribution >= 4 is 29.6 Å². The number of hydrogen-bond acceptors (Lipinski definition) is 5. The van der Waals surface area contributed by atoms with Gasteiger partial charge in [0.15, 0.2) is 0 Å². The lowest BCUT2D eigenvalue weighted by atomic mass is 10.1. The zero-order chi connectivity index (χ0) is 20.1. The summed E-state index contributed by atoms with van der Waals surface area (Å²) in [7, 11) is 0. The first-order chi connectivity index (χ1) is 12.7. The number of carboxylic acid groups (broad SMARTS) is 1. The first-order valence-electron chi connectivity index (χ1n) is 9.10. The highest BCUT2D eigenvalue weighted by Crippen LogP contribution is 2.25. The number of likely N-dealkylation sites (tertiary alicyclic amines) is 2. The molecule has 2 aliphatic heterocycles. The third-order valence-electron chi connectivity index (χ3n) is 4.86. The maximum absolute atomic E-state index is 13.0. The van der Waals surface area contributed by atoms with E-state index in [1.807, 2.05) is 0 Å². The molecule has 4 amide bonds. The van der Waals surface area contributed by atoms with Crippen molar-refractivity contribution in [2.45, 2.75) is 57.7 Å². The van der Waals surface area contributed by atoms with Gasteiger partial charge >= 0.3 is 5.97 Å². The third kappa shape index (κ3) is 4.95. The van der Waals surface area contributed by atoms with Crippen LogP contribution in [0.3, 0.4) is 0 Å². The van der Waals surface area contributed by atoms with E-state index in [1.54, 1.807) is 6.92 Å². The van der Waals surface area contributed by atoms with Crippen LogP contribution in [0.5, 0.6) is 0 Å². The number of carbonyl (C=O) groups excluding carboxylic acids is 4. The molecular formula is C17H26N4O6. The highest BCUT2D eigenvalue weighted by Gasteiger charge is 2.42. The molecule has 3 atom stereocenters. The fourth-order valence-corrected chi connectivity index (χ4v) is 3.68. The fraction of sp³-hybridized carbons (Fsp3) is 0.706. The van der Waals surface area contributed by atoms with Gasteiger partial charge in [-0.2, -0.15) is 0 Å². The van der Waals surface area contributed by atoms with Gasteiger partial charge in [-0.3, -0.25) is 24.0 Å². The average Bonchev–Trinajstić information content (AvgIpc) is 3.26. The molecule has 10 heteroatoms. The lowest BCUT2D eigenvalue weighted by Crippen LogP contribution is -2.55. The minimum atomic E-state index is -1.15. The van der Waals surface area contributed by atoms with Crippen molar-refractivity contribution in [2.24, 2.45) is 0 Å². The van der Waals surface area contributed by atoms with Crippen LogP contribution >= 0.6 is 0 Å². The van der Waals surface area contributed by atoms with Gasteiger partial charge in [0.2, 0.25) is 23.6 Å². The van der Waals surface area contributed by atoms with E-state index in [0.717, 1.165) is 0 Å². The molecule has 0 aromatic carbocycles. The van der Waals surface area contributed by atoms with Crippen molar-refractivity contribution in [3.8, 4) is 0 Å². The van der Waals surface area contributed by atoms with E-state index in [0.29, 0.717) is 38.8 Å². The number of carbonyl (C=O) groups is 5. The first-order valence-corrected chi connectivity index (χ1v) is 9.10. The van der Waals surface area contributed by atoms with E-state index >= 15 is 0 Å². The van der Waals surface area contributed by atoms with Crippen molar-refractivity contribution in [2.75, 3.05) is 19.6 Å². The summed E-state index contributed by atoms with van der Waals surface area (Å²) in [4.78, 5) is 62.6. The topological polar surface area (TPSA) is 136 Å². The second-order valence-corrected chi connectivity index (χ2v) is 6.91. The van der Waals surface area contributed by atoms with Gasteiger partial charge in [-0.1, -0.05) is 0 Å².